The molecule has 0 aliphatic carbocycles. The number of anilines is 1. The molecule has 0 radical (unpaired) electrons. The van der Waals surface area contributed by atoms with Crippen LogP contribution in [0.5, 0.6) is 0 Å². The van der Waals surface area contributed by atoms with Gasteiger partial charge in [-0.3, -0.25) is 9.48 Å². The largest absolute Gasteiger partial charge is 0.306 e. The first-order valence-corrected chi connectivity index (χ1v) is 6.41. The molecule has 0 atom stereocenters. The molecular weight excluding hydrogens is 264 g/mol. The molecule has 1 heterocycles. The Morgan fingerprint density at radius 3 is 2.76 bits per heavy atom. The van der Waals surface area contributed by atoms with E-state index in [1.165, 1.54) is 10.9 Å². The molecule has 0 bridgehead atoms. The highest BCUT2D eigenvalue weighted by Gasteiger charge is 2.13. The monoisotopic (exact) mass is 276 g/mol. The van der Waals surface area contributed by atoms with Crippen LogP contribution in [-0.4, -0.2) is 15.7 Å². The number of hydrogen-bond donors (Lipinski definition) is 1. The van der Waals surface area contributed by atoms with Crippen molar-refractivity contribution in [2.45, 2.75) is 0 Å². The highest BCUT2D eigenvalue weighted by atomic mass is 16.1. The fraction of sp³-hybridized carbons (Fsp3) is 0.0625. The Kier molecular flexibility index (Phi) is 3.13. The van der Waals surface area contributed by atoms with E-state index in [2.05, 4.69) is 10.4 Å². The van der Waals surface area contributed by atoms with E-state index in [0.717, 1.165) is 10.8 Å². The molecule has 3 aromatic rings. The van der Waals surface area contributed by atoms with Gasteiger partial charge in [-0.15, -0.1) is 0 Å². The smallest absolute Gasteiger partial charge is 0.256 e. The number of nitrogens with zero attached hydrogens (tertiary/aromatic N) is 3. The van der Waals surface area contributed by atoms with Crippen molar-refractivity contribution in [2.24, 2.45) is 7.05 Å². The minimum atomic E-state index is -0.263. The van der Waals surface area contributed by atoms with E-state index in [9.17, 15) is 4.79 Å². The fourth-order valence-electron chi connectivity index (χ4n) is 2.18. The Hall–Kier alpha value is -3.13. The fourth-order valence-corrected chi connectivity index (χ4v) is 2.18. The predicted octanol–water partition coefficient (Wildman–Crippen LogP) is 2.70. The van der Waals surface area contributed by atoms with Crippen molar-refractivity contribution >= 4 is 22.5 Å². The zero-order valence-corrected chi connectivity index (χ0v) is 11.4. The summed E-state index contributed by atoms with van der Waals surface area (Å²) in [7, 11) is 1.68. The average molecular weight is 276 g/mol. The molecule has 0 spiro atoms. The number of carbonyl (C=O) groups is 1. The maximum Gasteiger partial charge on any atom is 0.256 e. The molecule has 5 heteroatoms. The van der Waals surface area contributed by atoms with E-state index in [4.69, 9.17) is 5.26 Å². The van der Waals surface area contributed by atoms with Crippen LogP contribution in [0.1, 0.15) is 15.9 Å². The molecule has 5 nitrogen and oxygen atoms in total. The van der Waals surface area contributed by atoms with E-state index < -0.39 is 0 Å². The van der Waals surface area contributed by atoms with E-state index in [1.54, 1.807) is 13.1 Å². The van der Waals surface area contributed by atoms with Gasteiger partial charge in [-0.05, 0) is 22.9 Å². The highest BCUT2D eigenvalue weighted by Crippen LogP contribution is 2.18. The SMILES string of the molecule is Cn1ncc(C#N)c1NC(=O)c1ccc2ccccc2c1. The summed E-state index contributed by atoms with van der Waals surface area (Å²) in [5, 5.41) is 17.8. The van der Waals surface area contributed by atoms with E-state index in [-0.39, 0.29) is 5.91 Å². The predicted molar refractivity (Wildman–Crippen MR) is 79.8 cm³/mol. The molecule has 21 heavy (non-hydrogen) atoms. The minimum Gasteiger partial charge on any atom is -0.306 e. The van der Waals surface area contributed by atoms with Crippen LogP contribution in [0.2, 0.25) is 0 Å². The van der Waals surface area contributed by atoms with Crippen molar-refractivity contribution in [3.63, 3.8) is 0 Å². The van der Waals surface area contributed by atoms with Gasteiger partial charge in [-0.25, -0.2) is 0 Å². The van der Waals surface area contributed by atoms with Crippen molar-refractivity contribution in [2.75, 3.05) is 5.32 Å². The number of rotatable bonds is 2. The van der Waals surface area contributed by atoms with Gasteiger partial charge in [-0.2, -0.15) is 10.4 Å². The maximum absolute atomic E-state index is 12.3. The van der Waals surface area contributed by atoms with Crippen LogP contribution >= 0.6 is 0 Å². The molecule has 0 aliphatic rings. The van der Waals surface area contributed by atoms with Gasteiger partial charge in [0.05, 0.1) is 6.20 Å². The lowest BCUT2D eigenvalue weighted by Crippen LogP contribution is -2.15. The minimum absolute atomic E-state index is 0.263. The van der Waals surface area contributed by atoms with E-state index in [0.29, 0.717) is 16.9 Å². The topological polar surface area (TPSA) is 70.7 Å². The van der Waals surface area contributed by atoms with Gasteiger partial charge in [-0.1, -0.05) is 30.3 Å². The van der Waals surface area contributed by atoms with Crippen LogP contribution in [-0.2, 0) is 7.05 Å². The summed E-state index contributed by atoms with van der Waals surface area (Å²) in [5.41, 5.74) is 0.880. The third-order valence-corrected chi connectivity index (χ3v) is 3.30. The lowest BCUT2D eigenvalue weighted by molar-refractivity contribution is 0.102. The number of nitrogens with one attached hydrogen (secondary N) is 1. The van der Waals surface area contributed by atoms with Gasteiger partial charge in [0.25, 0.3) is 5.91 Å². The molecule has 0 saturated carbocycles. The second kappa shape index (κ2) is 5.10. The molecule has 1 aromatic heterocycles. The molecule has 102 valence electrons. The summed E-state index contributed by atoms with van der Waals surface area (Å²) in [4.78, 5) is 12.3. The molecule has 2 aromatic carbocycles. The lowest BCUT2D eigenvalue weighted by atomic mass is 10.1. The summed E-state index contributed by atoms with van der Waals surface area (Å²) in [6.07, 6.45) is 1.43. The van der Waals surface area contributed by atoms with Crippen molar-refractivity contribution in [3.8, 4) is 6.07 Å². The van der Waals surface area contributed by atoms with Gasteiger partial charge in [0.1, 0.15) is 17.5 Å². The molecule has 0 saturated heterocycles. The van der Waals surface area contributed by atoms with Crippen LogP contribution in [0.3, 0.4) is 0 Å². The second-order valence-electron chi connectivity index (χ2n) is 4.66. The van der Waals surface area contributed by atoms with Gasteiger partial charge in [0, 0.05) is 12.6 Å². The van der Waals surface area contributed by atoms with E-state index in [1.807, 2.05) is 42.5 Å². The van der Waals surface area contributed by atoms with Crippen molar-refractivity contribution in [3.05, 3.63) is 59.8 Å². The van der Waals surface area contributed by atoms with Crippen LogP contribution in [0.4, 0.5) is 5.82 Å². The van der Waals surface area contributed by atoms with Gasteiger partial charge < -0.3 is 5.32 Å². The first-order valence-electron chi connectivity index (χ1n) is 6.41. The number of amides is 1. The van der Waals surface area contributed by atoms with Crippen molar-refractivity contribution in [1.82, 2.24) is 9.78 Å². The average Bonchev–Trinajstić information content (AvgIpc) is 2.87. The maximum atomic E-state index is 12.3. The number of aromatic nitrogens is 2. The number of hydrogen-bond acceptors (Lipinski definition) is 3. The third-order valence-electron chi connectivity index (χ3n) is 3.30. The van der Waals surface area contributed by atoms with Gasteiger partial charge in [0.15, 0.2) is 0 Å². The summed E-state index contributed by atoms with van der Waals surface area (Å²) >= 11 is 0. The summed E-state index contributed by atoms with van der Waals surface area (Å²) in [5.74, 6) is 0.136. The summed E-state index contributed by atoms with van der Waals surface area (Å²) in [6, 6.07) is 15.3. The van der Waals surface area contributed by atoms with E-state index >= 15 is 0 Å². The molecule has 0 fully saturated rings. The van der Waals surface area contributed by atoms with Gasteiger partial charge in [0.2, 0.25) is 0 Å². The second-order valence-corrected chi connectivity index (χ2v) is 4.66. The van der Waals surface area contributed by atoms with Crippen molar-refractivity contribution < 1.29 is 4.79 Å². The third kappa shape index (κ3) is 2.35. The number of benzene rings is 2. The Labute approximate surface area is 121 Å². The number of fused-ring (bicyclic) bond motifs is 1. The zero-order chi connectivity index (χ0) is 14.8. The van der Waals surface area contributed by atoms with Gasteiger partial charge >= 0.3 is 0 Å². The first-order chi connectivity index (χ1) is 10.2. The lowest BCUT2D eigenvalue weighted by Gasteiger charge is -2.07. The number of carbonyl (C=O) groups excluding carboxylic acids is 1. The Morgan fingerprint density at radius 2 is 2.00 bits per heavy atom. The normalized spacial score (nSPS) is 10.3. The summed E-state index contributed by atoms with van der Waals surface area (Å²) < 4.78 is 1.47. The van der Waals surface area contributed by atoms with Crippen LogP contribution in [0.25, 0.3) is 10.8 Å². The zero-order valence-electron chi connectivity index (χ0n) is 11.4. The Bertz CT molecular complexity index is 873. The van der Waals surface area contributed by atoms with Crippen LogP contribution < -0.4 is 5.32 Å². The van der Waals surface area contributed by atoms with Crippen molar-refractivity contribution in [1.29, 1.82) is 5.26 Å². The quantitative estimate of drug-likeness (QED) is 0.782. The highest BCUT2D eigenvalue weighted by molar-refractivity contribution is 6.06. The van der Waals surface area contributed by atoms with Crippen LogP contribution in [0, 0.1) is 11.3 Å². The summed E-state index contributed by atoms with van der Waals surface area (Å²) in [6.45, 7) is 0. The number of aryl methyl sites for hydroxylation is 1. The molecule has 0 aliphatic heterocycles. The molecule has 1 N–H and O–H groups in total. The Morgan fingerprint density at radius 1 is 1.24 bits per heavy atom. The molecular formula is C16H12N4O. The first kappa shape index (κ1) is 12.9. The molecule has 3 rings (SSSR count). The standard InChI is InChI=1S/C16H12N4O/c1-20-15(14(9-17)10-18-20)19-16(21)13-7-6-11-4-2-3-5-12(11)8-13/h2-8,10H,1H3,(H,19,21). The van der Waals surface area contributed by atoms with Crippen LogP contribution in [0.15, 0.2) is 48.7 Å². The molecule has 1 amide bonds. The number of nitriles is 1. The Balaban J connectivity index is 1.94. The molecule has 0 unspecified atom stereocenters.